The number of rotatable bonds is 1. The standard InChI is InChI=1S/C18H19N3O3/c1-20(2)11-19-18(22)21-17-13(10-24-21)9-23-15-8-7-12-5-3-4-6-14(12)16(15)17/h3-8,11,13,17H,9-10H2,1-2H3/t13-,17+/m0/s1. The lowest BCUT2D eigenvalue weighted by Gasteiger charge is -2.31. The fourth-order valence-corrected chi connectivity index (χ4v) is 3.33. The molecular weight excluding hydrogens is 306 g/mol. The van der Waals surface area contributed by atoms with Crippen LogP contribution in [0.4, 0.5) is 4.79 Å². The minimum Gasteiger partial charge on any atom is -0.493 e. The number of nitrogens with zero attached hydrogens (tertiary/aromatic N) is 3. The molecule has 0 aromatic heterocycles. The molecule has 6 heteroatoms. The highest BCUT2D eigenvalue weighted by Gasteiger charge is 2.45. The fourth-order valence-electron chi connectivity index (χ4n) is 3.33. The first-order valence-electron chi connectivity index (χ1n) is 7.96. The summed E-state index contributed by atoms with van der Waals surface area (Å²) in [5, 5.41) is 3.61. The van der Waals surface area contributed by atoms with Crippen molar-refractivity contribution in [2.45, 2.75) is 6.04 Å². The van der Waals surface area contributed by atoms with Gasteiger partial charge in [-0.05, 0) is 16.8 Å². The number of carbonyl (C=O) groups excluding carboxylic acids is 1. The molecule has 1 saturated heterocycles. The van der Waals surface area contributed by atoms with Gasteiger partial charge in [-0.3, -0.25) is 4.84 Å². The molecule has 2 aliphatic heterocycles. The maximum absolute atomic E-state index is 12.5. The number of amides is 2. The number of ether oxygens (including phenoxy) is 1. The summed E-state index contributed by atoms with van der Waals surface area (Å²) >= 11 is 0. The van der Waals surface area contributed by atoms with Gasteiger partial charge in [0.2, 0.25) is 0 Å². The van der Waals surface area contributed by atoms with Gasteiger partial charge in [0.25, 0.3) is 0 Å². The molecule has 0 saturated carbocycles. The lowest BCUT2D eigenvalue weighted by molar-refractivity contribution is -0.0845. The zero-order chi connectivity index (χ0) is 16.7. The van der Waals surface area contributed by atoms with Gasteiger partial charge in [-0.1, -0.05) is 30.3 Å². The third kappa shape index (κ3) is 2.39. The molecule has 1 fully saturated rings. The third-order valence-corrected chi connectivity index (χ3v) is 4.39. The Morgan fingerprint density at radius 2 is 2.08 bits per heavy atom. The van der Waals surface area contributed by atoms with Crippen LogP contribution in [0.5, 0.6) is 5.75 Å². The van der Waals surface area contributed by atoms with Gasteiger partial charge in [0.15, 0.2) is 0 Å². The number of carbonyl (C=O) groups is 1. The third-order valence-electron chi connectivity index (χ3n) is 4.39. The molecule has 4 rings (SSSR count). The van der Waals surface area contributed by atoms with Crippen molar-refractivity contribution < 1.29 is 14.4 Å². The first-order valence-corrected chi connectivity index (χ1v) is 7.96. The van der Waals surface area contributed by atoms with Gasteiger partial charge in [-0.2, -0.15) is 10.1 Å². The Labute approximate surface area is 140 Å². The predicted molar refractivity (Wildman–Crippen MR) is 91.0 cm³/mol. The minimum absolute atomic E-state index is 0.113. The lowest BCUT2D eigenvalue weighted by Crippen LogP contribution is -2.34. The van der Waals surface area contributed by atoms with E-state index in [2.05, 4.69) is 17.1 Å². The van der Waals surface area contributed by atoms with Crippen LogP contribution in [-0.4, -0.2) is 49.6 Å². The maximum atomic E-state index is 12.5. The Balaban J connectivity index is 1.79. The summed E-state index contributed by atoms with van der Waals surface area (Å²) in [6.45, 7) is 0.994. The average Bonchev–Trinajstić information content (AvgIpc) is 3.03. The second kappa shape index (κ2) is 5.79. The van der Waals surface area contributed by atoms with Crippen molar-refractivity contribution >= 4 is 23.1 Å². The summed E-state index contributed by atoms with van der Waals surface area (Å²) in [7, 11) is 3.64. The van der Waals surface area contributed by atoms with Crippen LogP contribution < -0.4 is 4.74 Å². The molecule has 0 radical (unpaired) electrons. The smallest absolute Gasteiger partial charge is 0.369 e. The van der Waals surface area contributed by atoms with Gasteiger partial charge in [0.1, 0.15) is 5.75 Å². The van der Waals surface area contributed by atoms with E-state index in [9.17, 15) is 4.79 Å². The maximum Gasteiger partial charge on any atom is 0.369 e. The van der Waals surface area contributed by atoms with Crippen LogP contribution >= 0.6 is 0 Å². The first kappa shape index (κ1) is 15.0. The molecule has 24 heavy (non-hydrogen) atoms. The molecule has 0 spiro atoms. The van der Waals surface area contributed by atoms with E-state index in [0.29, 0.717) is 13.2 Å². The summed E-state index contributed by atoms with van der Waals surface area (Å²) in [5.41, 5.74) is 1.01. The van der Waals surface area contributed by atoms with Gasteiger partial charge in [-0.15, -0.1) is 0 Å². The van der Waals surface area contributed by atoms with Crippen LogP contribution in [0, 0.1) is 5.92 Å². The number of fused-ring (bicyclic) bond motifs is 5. The van der Waals surface area contributed by atoms with Crippen molar-refractivity contribution in [3.05, 3.63) is 42.0 Å². The van der Waals surface area contributed by atoms with Crippen LogP contribution in [0.3, 0.4) is 0 Å². The Morgan fingerprint density at radius 1 is 1.25 bits per heavy atom. The van der Waals surface area contributed by atoms with Gasteiger partial charge in [-0.25, -0.2) is 4.79 Å². The predicted octanol–water partition coefficient (Wildman–Crippen LogP) is 2.85. The first-order chi connectivity index (χ1) is 11.6. The Morgan fingerprint density at radius 3 is 2.92 bits per heavy atom. The molecule has 0 N–H and O–H groups in total. The largest absolute Gasteiger partial charge is 0.493 e. The minimum atomic E-state index is -0.392. The van der Waals surface area contributed by atoms with Gasteiger partial charge in [0, 0.05) is 25.6 Å². The molecule has 2 aliphatic rings. The fraction of sp³-hybridized carbons (Fsp3) is 0.333. The van der Waals surface area contributed by atoms with Crippen molar-refractivity contribution in [2.24, 2.45) is 10.9 Å². The van der Waals surface area contributed by atoms with E-state index in [4.69, 9.17) is 9.57 Å². The van der Waals surface area contributed by atoms with Crippen molar-refractivity contribution in [1.82, 2.24) is 9.96 Å². The zero-order valence-corrected chi connectivity index (χ0v) is 13.7. The van der Waals surface area contributed by atoms with Crippen molar-refractivity contribution in [2.75, 3.05) is 27.3 Å². The monoisotopic (exact) mass is 325 g/mol. The molecule has 6 nitrogen and oxygen atoms in total. The van der Waals surface area contributed by atoms with E-state index in [0.717, 1.165) is 22.1 Å². The molecule has 0 bridgehead atoms. The quantitative estimate of drug-likeness (QED) is 0.598. The van der Waals surface area contributed by atoms with Crippen LogP contribution in [0.15, 0.2) is 41.4 Å². The van der Waals surface area contributed by atoms with Gasteiger partial charge >= 0.3 is 6.03 Å². The molecule has 124 valence electrons. The number of hydrogen-bond donors (Lipinski definition) is 0. The average molecular weight is 325 g/mol. The van der Waals surface area contributed by atoms with Gasteiger partial charge < -0.3 is 9.64 Å². The number of urea groups is 1. The van der Waals surface area contributed by atoms with Crippen LogP contribution in [0.25, 0.3) is 10.8 Å². The van der Waals surface area contributed by atoms with Crippen molar-refractivity contribution in [1.29, 1.82) is 0 Å². The zero-order valence-electron chi connectivity index (χ0n) is 13.7. The molecule has 0 aliphatic carbocycles. The van der Waals surface area contributed by atoms with Crippen LogP contribution in [0.1, 0.15) is 11.6 Å². The highest BCUT2D eigenvalue weighted by molar-refractivity contribution is 5.90. The highest BCUT2D eigenvalue weighted by Crippen LogP contribution is 2.46. The molecule has 2 aromatic rings. The number of benzene rings is 2. The number of aliphatic imine (C=N–C) groups is 1. The van der Waals surface area contributed by atoms with E-state index < -0.39 is 6.03 Å². The lowest BCUT2D eigenvalue weighted by atomic mass is 9.88. The molecule has 2 amide bonds. The van der Waals surface area contributed by atoms with E-state index in [1.165, 1.54) is 11.4 Å². The van der Waals surface area contributed by atoms with Crippen LogP contribution in [0.2, 0.25) is 0 Å². The van der Waals surface area contributed by atoms with E-state index in [-0.39, 0.29) is 12.0 Å². The Kier molecular flexibility index (Phi) is 3.61. The van der Waals surface area contributed by atoms with E-state index >= 15 is 0 Å². The molecular formula is C18H19N3O3. The highest BCUT2D eigenvalue weighted by atomic mass is 16.7. The summed E-state index contributed by atoms with van der Waals surface area (Å²) in [6.07, 6.45) is 1.49. The summed E-state index contributed by atoms with van der Waals surface area (Å²) < 4.78 is 5.91. The van der Waals surface area contributed by atoms with Crippen molar-refractivity contribution in [3.8, 4) is 5.75 Å². The summed E-state index contributed by atoms with van der Waals surface area (Å²) in [5.74, 6) is 0.927. The number of hydrogen-bond acceptors (Lipinski definition) is 3. The van der Waals surface area contributed by atoms with Crippen LogP contribution in [-0.2, 0) is 4.84 Å². The Bertz CT molecular complexity index is 818. The van der Waals surface area contributed by atoms with Gasteiger partial charge in [0.05, 0.1) is 25.6 Å². The summed E-state index contributed by atoms with van der Waals surface area (Å²) in [4.78, 5) is 23.9. The normalized spacial score (nSPS) is 22.3. The second-order valence-electron chi connectivity index (χ2n) is 6.33. The summed E-state index contributed by atoms with van der Waals surface area (Å²) in [6, 6.07) is 11.6. The molecule has 2 atom stereocenters. The van der Waals surface area contributed by atoms with Crippen molar-refractivity contribution in [3.63, 3.8) is 0 Å². The topological polar surface area (TPSA) is 54.4 Å². The van der Waals surface area contributed by atoms with E-state index in [1.807, 2.05) is 38.4 Å². The molecule has 0 unspecified atom stereocenters. The second-order valence-corrected chi connectivity index (χ2v) is 6.33. The molecule has 2 heterocycles. The Hall–Kier alpha value is -2.60. The molecule has 2 aromatic carbocycles. The number of hydroxylamine groups is 2. The van der Waals surface area contributed by atoms with E-state index in [1.54, 1.807) is 4.90 Å². The SMILES string of the molecule is CN(C)C=NC(=O)N1OC[C@@H]2COc3ccc4ccccc4c3[C@@H]21.